The summed E-state index contributed by atoms with van der Waals surface area (Å²) in [5.41, 5.74) is 0. The maximum absolute atomic E-state index is 9.58. The quantitative estimate of drug-likeness (QED) is 0.363. The molecule has 5 nitrogen and oxygen atoms in total. The topological polar surface area (TPSA) is 121 Å². The fourth-order valence-corrected chi connectivity index (χ4v) is 0. The zero-order valence-corrected chi connectivity index (χ0v) is 6.35. The SMILES string of the molecule is CC(=O)OI.O.O.O.[NaH]. The van der Waals surface area contributed by atoms with Crippen molar-refractivity contribution in [3.8, 4) is 0 Å². The van der Waals surface area contributed by atoms with Crippen LogP contribution in [0.5, 0.6) is 0 Å². The van der Waals surface area contributed by atoms with E-state index in [0.29, 0.717) is 0 Å². The number of carbonyl (C=O) groups excluding carboxylic acids is 1. The Hall–Kier alpha value is 1.08. The van der Waals surface area contributed by atoms with Gasteiger partial charge in [0.05, 0.1) is 0 Å². The maximum atomic E-state index is 9.58. The molecular formula is C2H10INaO5. The van der Waals surface area contributed by atoms with Crippen molar-refractivity contribution in [3.63, 3.8) is 0 Å². The fraction of sp³-hybridized carbons (Fsp3) is 0.500. The number of halogens is 1. The average molecular weight is 264 g/mol. The van der Waals surface area contributed by atoms with Gasteiger partial charge >= 0.3 is 35.5 Å². The molecule has 0 aromatic carbocycles. The molecule has 9 heavy (non-hydrogen) atoms. The molecule has 0 aromatic rings. The third-order valence-electron chi connectivity index (χ3n) is 0.109. The van der Waals surface area contributed by atoms with Crippen LogP contribution in [0.4, 0.5) is 0 Å². The van der Waals surface area contributed by atoms with Crippen molar-refractivity contribution < 1.29 is 24.3 Å². The number of carbonyl (C=O) groups is 1. The Morgan fingerprint density at radius 1 is 1.33 bits per heavy atom. The van der Waals surface area contributed by atoms with Crippen molar-refractivity contribution in [3.05, 3.63) is 0 Å². The summed E-state index contributed by atoms with van der Waals surface area (Å²) in [6.07, 6.45) is 0. The molecule has 0 rings (SSSR count). The Bertz CT molecular complexity index is 50.2. The van der Waals surface area contributed by atoms with Crippen LogP contribution in [0.1, 0.15) is 6.92 Å². The van der Waals surface area contributed by atoms with E-state index in [-0.39, 0.29) is 52.0 Å². The first-order chi connectivity index (χ1) is 2.27. The standard InChI is InChI=1S/C2H3IO2.Na.3H2O.H/c1-2(4)5-3;;;;;/h1H3;;3*1H2;. The van der Waals surface area contributed by atoms with E-state index in [1.165, 1.54) is 29.9 Å². The number of rotatable bonds is 0. The summed E-state index contributed by atoms with van der Waals surface area (Å²) in [7, 11) is 0. The second kappa shape index (κ2) is 23.0. The first-order valence-electron chi connectivity index (χ1n) is 1.06. The Morgan fingerprint density at radius 2 is 1.44 bits per heavy atom. The normalized spacial score (nSPS) is 3.78. The predicted octanol–water partition coefficient (Wildman–Crippen LogP) is -2.22. The van der Waals surface area contributed by atoms with Crippen molar-refractivity contribution in [2.24, 2.45) is 0 Å². The van der Waals surface area contributed by atoms with Crippen molar-refractivity contribution in [2.45, 2.75) is 6.92 Å². The van der Waals surface area contributed by atoms with Gasteiger partial charge in [0.1, 0.15) is 0 Å². The molecular weight excluding hydrogens is 254 g/mol. The number of hydrogen-bond donors (Lipinski definition) is 0. The Labute approximate surface area is 89.0 Å². The van der Waals surface area contributed by atoms with E-state index in [1.54, 1.807) is 0 Å². The molecule has 0 aromatic heterocycles. The summed E-state index contributed by atoms with van der Waals surface area (Å²) >= 11 is 1.53. The van der Waals surface area contributed by atoms with Gasteiger partial charge in [-0.05, 0) is 0 Å². The van der Waals surface area contributed by atoms with Crippen molar-refractivity contribution in [1.29, 1.82) is 0 Å². The van der Waals surface area contributed by atoms with E-state index in [2.05, 4.69) is 3.07 Å². The Kier molecular flexibility index (Phi) is 82.2. The molecule has 0 heterocycles. The summed E-state index contributed by atoms with van der Waals surface area (Å²) in [6, 6.07) is 0. The molecule has 0 saturated heterocycles. The van der Waals surface area contributed by atoms with Gasteiger partial charge in [-0.3, -0.25) is 4.79 Å². The molecule has 0 radical (unpaired) electrons. The molecule has 0 aliphatic heterocycles. The number of hydrogen-bond acceptors (Lipinski definition) is 2. The van der Waals surface area contributed by atoms with Gasteiger partial charge in [0, 0.05) is 6.92 Å². The van der Waals surface area contributed by atoms with E-state index in [9.17, 15) is 4.79 Å². The molecule has 0 atom stereocenters. The minimum absolute atomic E-state index is 0. The fourth-order valence-electron chi connectivity index (χ4n) is 0. The summed E-state index contributed by atoms with van der Waals surface area (Å²) in [5.74, 6) is -0.259. The van der Waals surface area contributed by atoms with Crippen LogP contribution in [0.25, 0.3) is 0 Å². The molecule has 0 amide bonds. The summed E-state index contributed by atoms with van der Waals surface area (Å²) in [4.78, 5) is 9.58. The van der Waals surface area contributed by atoms with Gasteiger partial charge in [0.2, 0.25) is 0 Å². The van der Waals surface area contributed by atoms with Crippen LogP contribution < -0.4 is 0 Å². The molecule has 0 bridgehead atoms. The van der Waals surface area contributed by atoms with Crippen molar-refractivity contribution >= 4 is 58.5 Å². The van der Waals surface area contributed by atoms with Crippen LogP contribution in [0.2, 0.25) is 0 Å². The van der Waals surface area contributed by atoms with Crippen molar-refractivity contribution in [2.75, 3.05) is 0 Å². The van der Waals surface area contributed by atoms with E-state index in [0.717, 1.165) is 0 Å². The van der Waals surface area contributed by atoms with Gasteiger partial charge in [-0.1, -0.05) is 0 Å². The summed E-state index contributed by atoms with van der Waals surface area (Å²) < 4.78 is 4.08. The van der Waals surface area contributed by atoms with Gasteiger partial charge < -0.3 is 19.5 Å². The van der Waals surface area contributed by atoms with Crippen LogP contribution in [-0.2, 0) is 7.86 Å². The van der Waals surface area contributed by atoms with E-state index in [1.807, 2.05) is 0 Å². The second-order valence-electron chi connectivity index (χ2n) is 0.569. The third-order valence-corrected chi connectivity index (χ3v) is 0.729. The molecule has 0 aliphatic carbocycles. The zero-order chi connectivity index (χ0) is 4.28. The van der Waals surface area contributed by atoms with Crippen LogP contribution in [0, 0.1) is 0 Å². The van der Waals surface area contributed by atoms with E-state index < -0.39 is 0 Å². The van der Waals surface area contributed by atoms with Crippen molar-refractivity contribution in [1.82, 2.24) is 0 Å². The molecule has 6 N–H and O–H groups in total. The Balaban J connectivity index is -0.0000000133. The van der Waals surface area contributed by atoms with E-state index in [4.69, 9.17) is 0 Å². The van der Waals surface area contributed by atoms with Crippen LogP contribution in [-0.4, -0.2) is 52.0 Å². The van der Waals surface area contributed by atoms with E-state index >= 15 is 0 Å². The summed E-state index contributed by atoms with van der Waals surface area (Å²) in [5, 5.41) is 0. The second-order valence-corrected chi connectivity index (χ2v) is 1.01. The van der Waals surface area contributed by atoms with Gasteiger partial charge in [0.15, 0.2) is 23.0 Å². The summed E-state index contributed by atoms with van der Waals surface area (Å²) in [6.45, 7) is 1.35. The Morgan fingerprint density at radius 3 is 1.44 bits per heavy atom. The van der Waals surface area contributed by atoms with Crippen LogP contribution in [0.15, 0.2) is 0 Å². The first-order valence-corrected chi connectivity index (χ1v) is 1.94. The molecule has 56 valence electrons. The van der Waals surface area contributed by atoms with Gasteiger partial charge in [-0.25, -0.2) is 0 Å². The predicted molar refractivity (Wildman–Crippen MR) is 43.8 cm³/mol. The molecule has 0 aliphatic rings. The van der Waals surface area contributed by atoms with Gasteiger partial charge in [0.25, 0.3) is 0 Å². The zero-order valence-electron chi connectivity index (χ0n) is 4.19. The average Bonchev–Trinajstić information content (AvgIpc) is 1.38. The molecule has 0 fully saturated rings. The molecule has 7 heteroatoms. The molecule has 0 saturated carbocycles. The third kappa shape index (κ3) is 48.0. The molecule has 0 spiro atoms. The van der Waals surface area contributed by atoms with Crippen LogP contribution in [0.3, 0.4) is 0 Å². The first kappa shape index (κ1) is 32.2. The van der Waals surface area contributed by atoms with Crippen LogP contribution >= 0.6 is 23.0 Å². The minimum atomic E-state index is -0.259. The van der Waals surface area contributed by atoms with Gasteiger partial charge in [-0.2, -0.15) is 0 Å². The monoisotopic (exact) mass is 264 g/mol. The molecule has 0 unspecified atom stereocenters. The van der Waals surface area contributed by atoms with Gasteiger partial charge in [-0.15, -0.1) is 0 Å².